The van der Waals surface area contributed by atoms with E-state index in [1.807, 2.05) is 82.3 Å². The molecule has 1 heterocycles. The van der Waals surface area contributed by atoms with Crippen LogP contribution in [0.5, 0.6) is 0 Å². The molecule has 0 fully saturated rings. The first-order valence-corrected chi connectivity index (χ1v) is 11.1. The number of carbonyl (C=O) groups is 2. The van der Waals surface area contributed by atoms with Gasteiger partial charge < -0.3 is 5.32 Å². The zero-order chi connectivity index (χ0) is 22.4. The van der Waals surface area contributed by atoms with E-state index in [0.29, 0.717) is 18.0 Å². The van der Waals surface area contributed by atoms with E-state index in [2.05, 4.69) is 20.8 Å². The fourth-order valence-corrected chi connectivity index (χ4v) is 3.82. The van der Waals surface area contributed by atoms with Crippen LogP contribution in [0.25, 0.3) is 10.6 Å². The molecule has 7 heteroatoms. The first-order chi connectivity index (χ1) is 14.7. The predicted molar refractivity (Wildman–Crippen MR) is 125 cm³/mol. The van der Waals surface area contributed by atoms with Gasteiger partial charge in [0.2, 0.25) is 16.9 Å². The molecule has 0 saturated heterocycles. The molecular weight excluding hydrogens is 408 g/mol. The van der Waals surface area contributed by atoms with Gasteiger partial charge in [-0.3, -0.25) is 14.9 Å². The second kappa shape index (κ2) is 9.83. The van der Waals surface area contributed by atoms with Crippen molar-refractivity contribution in [2.75, 3.05) is 5.32 Å². The van der Waals surface area contributed by atoms with E-state index in [0.717, 1.165) is 21.7 Å². The van der Waals surface area contributed by atoms with Gasteiger partial charge in [-0.05, 0) is 17.9 Å². The molecule has 0 aliphatic heterocycles. The summed E-state index contributed by atoms with van der Waals surface area (Å²) in [5, 5.41) is 15.1. The molecule has 0 aliphatic rings. The van der Waals surface area contributed by atoms with E-state index in [1.165, 1.54) is 11.3 Å². The molecule has 1 unspecified atom stereocenters. The first-order valence-electron chi connectivity index (χ1n) is 10.2. The highest BCUT2D eigenvalue weighted by atomic mass is 32.1. The lowest BCUT2D eigenvalue weighted by atomic mass is 9.91. The molecule has 0 spiro atoms. The Morgan fingerprint density at radius 1 is 1.00 bits per heavy atom. The number of rotatable bonds is 7. The largest absolute Gasteiger partial charge is 0.344 e. The number of carbonyl (C=O) groups excluding carboxylic acids is 2. The number of aromatic nitrogens is 2. The van der Waals surface area contributed by atoms with E-state index < -0.39 is 6.04 Å². The number of hydrogen-bond donors (Lipinski definition) is 2. The summed E-state index contributed by atoms with van der Waals surface area (Å²) in [5.74, 6) is -0.459. The number of hydrogen-bond acceptors (Lipinski definition) is 5. The lowest BCUT2D eigenvalue weighted by Gasteiger charge is -2.22. The number of nitrogens with one attached hydrogen (secondary N) is 2. The van der Waals surface area contributed by atoms with Crippen molar-refractivity contribution in [3.63, 3.8) is 0 Å². The number of nitrogens with zero attached hydrogens (tertiary/aromatic N) is 2. The van der Waals surface area contributed by atoms with E-state index in [1.54, 1.807) is 0 Å². The van der Waals surface area contributed by atoms with Crippen LogP contribution in [0.3, 0.4) is 0 Å². The number of anilines is 1. The summed E-state index contributed by atoms with van der Waals surface area (Å²) >= 11 is 1.31. The van der Waals surface area contributed by atoms with Crippen molar-refractivity contribution >= 4 is 28.3 Å². The first kappa shape index (κ1) is 22.6. The molecule has 0 bridgehead atoms. The summed E-state index contributed by atoms with van der Waals surface area (Å²) in [6, 6.07) is 16.9. The quantitative estimate of drug-likeness (QED) is 0.566. The van der Waals surface area contributed by atoms with Crippen molar-refractivity contribution < 1.29 is 9.59 Å². The lowest BCUT2D eigenvalue weighted by molar-refractivity contribution is -0.127. The molecule has 3 aromatic rings. The number of benzene rings is 2. The second-order valence-electron chi connectivity index (χ2n) is 8.81. The van der Waals surface area contributed by atoms with Crippen molar-refractivity contribution in [2.24, 2.45) is 5.41 Å². The van der Waals surface area contributed by atoms with Crippen LogP contribution in [-0.2, 0) is 16.0 Å². The van der Waals surface area contributed by atoms with Gasteiger partial charge >= 0.3 is 0 Å². The lowest BCUT2D eigenvalue weighted by Crippen LogP contribution is -2.46. The topological polar surface area (TPSA) is 84.0 Å². The Morgan fingerprint density at radius 3 is 2.32 bits per heavy atom. The zero-order valence-electron chi connectivity index (χ0n) is 18.3. The summed E-state index contributed by atoms with van der Waals surface area (Å²) in [4.78, 5) is 25.5. The highest BCUT2D eigenvalue weighted by molar-refractivity contribution is 7.18. The molecule has 0 saturated carbocycles. The van der Waals surface area contributed by atoms with Crippen LogP contribution in [0.1, 0.15) is 38.3 Å². The standard InChI is InChI=1S/C24H28N4O2S/c1-16-10-12-18(13-11-16)22-27-28-23(31-22)26-21(30)19(14-17-8-6-5-7-9-17)25-20(29)15-24(2,3)4/h5-13,19H,14-15H2,1-4H3,(H,25,29)(H,26,28,30). The Kier molecular flexibility index (Phi) is 7.17. The average molecular weight is 437 g/mol. The molecule has 0 aliphatic carbocycles. The van der Waals surface area contributed by atoms with E-state index >= 15 is 0 Å². The van der Waals surface area contributed by atoms with Crippen LogP contribution in [-0.4, -0.2) is 28.1 Å². The van der Waals surface area contributed by atoms with Crippen molar-refractivity contribution in [1.82, 2.24) is 15.5 Å². The Bertz CT molecular complexity index is 1020. The highest BCUT2D eigenvalue weighted by Crippen LogP contribution is 2.26. The van der Waals surface area contributed by atoms with Crippen LogP contribution in [0.15, 0.2) is 54.6 Å². The van der Waals surface area contributed by atoms with Gasteiger partial charge in [0.1, 0.15) is 11.0 Å². The molecule has 0 radical (unpaired) electrons. The monoisotopic (exact) mass is 436 g/mol. The highest BCUT2D eigenvalue weighted by Gasteiger charge is 2.25. The fraction of sp³-hybridized carbons (Fsp3) is 0.333. The maximum absolute atomic E-state index is 13.0. The molecular formula is C24H28N4O2S. The van der Waals surface area contributed by atoms with Crippen molar-refractivity contribution in [3.05, 3.63) is 65.7 Å². The van der Waals surface area contributed by atoms with Gasteiger partial charge in [0.15, 0.2) is 0 Å². The summed E-state index contributed by atoms with van der Waals surface area (Å²) in [6.45, 7) is 8.00. The molecule has 3 rings (SSSR count). The third-order valence-electron chi connectivity index (χ3n) is 4.58. The smallest absolute Gasteiger partial charge is 0.249 e. The van der Waals surface area contributed by atoms with Gasteiger partial charge in [-0.1, -0.05) is 92.3 Å². The molecule has 2 amide bonds. The Labute approximate surface area is 187 Å². The molecule has 6 nitrogen and oxygen atoms in total. The molecule has 1 aromatic heterocycles. The summed E-state index contributed by atoms with van der Waals surface area (Å²) < 4.78 is 0. The van der Waals surface area contributed by atoms with Crippen molar-refractivity contribution in [1.29, 1.82) is 0 Å². The van der Waals surface area contributed by atoms with E-state index in [9.17, 15) is 9.59 Å². The van der Waals surface area contributed by atoms with Crippen LogP contribution in [0.4, 0.5) is 5.13 Å². The maximum atomic E-state index is 13.0. The van der Waals surface area contributed by atoms with Gasteiger partial charge in [0.05, 0.1) is 0 Å². The molecule has 2 N–H and O–H groups in total. The molecule has 2 aromatic carbocycles. The summed E-state index contributed by atoms with van der Waals surface area (Å²) in [7, 11) is 0. The van der Waals surface area contributed by atoms with Crippen LogP contribution < -0.4 is 10.6 Å². The second-order valence-corrected chi connectivity index (χ2v) is 9.79. The van der Waals surface area contributed by atoms with Crippen molar-refractivity contribution in [3.8, 4) is 10.6 Å². The average Bonchev–Trinajstić information content (AvgIpc) is 3.16. The maximum Gasteiger partial charge on any atom is 0.249 e. The Morgan fingerprint density at radius 2 is 1.68 bits per heavy atom. The van der Waals surface area contributed by atoms with Gasteiger partial charge in [0, 0.05) is 18.4 Å². The SMILES string of the molecule is Cc1ccc(-c2nnc(NC(=O)C(Cc3ccccc3)NC(=O)CC(C)(C)C)s2)cc1. The van der Waals surface area contributed by atoms with E-state index in [4.69, 9.17) is 0 Å². The third-order valence-corrected chi connectivity index (χ3v) is 5.47. The van der Waals surface area contributed by atoms with Crippen LogP contribution in [0.2, 0.25) is 0 Å². The summed E-state index contributed by atoms with van der Waals surface area (Å²) in [5.41, 5.74) is 2.91. The minimum Gasteiger partial charge on any atom is -0.344 e. The Hall–Kier alpha value is -3.06. The Balaban J connectivity index is 1.73. The fourth-order valence-electron chi connectivity index (χ4n) is 3.07. The molecule has 1 atom stereocenters. The van der Waals surface area contributed by atoms with Crippen LogP contribution >= 0.6 is 11.3 Å². The van der Waals surface area contributed by atoms with Crippen LogP contribution in [0, 0.1) is 12.3 Å². The van der Waals surface area contributed by atoms with Crippen molar-refractivity contribution in [2.45, 2.75) is 46.6 Å². The minimum atomic E-state index is -0.705. The number of aryl methyl sites for hydroxylation is 1. The molecule has 162 valence electrons. The van der Waals surface area contributed by atoms with Gasteiger partial charge in [0.25, 0.3) is 0 Å². The predicted octanol–water partition coefficient (Wildman–Crippen LogP) is 4.62. The third kappa shape index (κ3) is 7.00. The van der Waals surface area contributed by atoms with Gasteiger partial charge in [-0.25, -0.2) is 0 Å². The van der Waals surface area contributed by atoms with E-state index in [-0.39, 0.29) is 17.2 Å². The zero-order valence-corrected chi connectivity index (χ0v) is 19.1. The minimum absolute atomic E-state index is 0.152. The summed E-state index contributed by atoms with van der Waals surface area (Å²) in [6.07, 6.45) is 0.730. The van der Waals surface area contributed by atoms with Gasteiger partial charge in [-0.2, -0.15) is 0 Å². The normalized spacial score (nSPS) is 12.3. The number of amides is 2. The van der Waals surface area contributed by atoms with Gasteiger partial charge in [-0.15, -0.1) is 10.2 Å². The molecule has 31 heavy (non-hydrogen) atoms.